The summed E-state index contributed by atoms with van der Waals surface area (Å²) in [7, 11) is 4.19. The minimum absolute atomic E-state index is 0.477. The summed E-state index contributed by atoms with van der Waals surface area (Å²) in [5.74, 6) is 2.69. The van der Waals surface area contributed by atoms with Crippen molar-refractivity contribution in [2.75, 3.05) is 13.6 Å². The van der Waals surface area contributed by atoms with Crippen LogP contribution in [0.15, 0.2) is 35.3 Å². The zero-order valence-corrected chi connectivity index (χ0v) is 19.6. The Balaban J connectivity index is 1.53. The van der Waals surface area contributed by atoms with Crippen molar-refractivity contribution >= 4 is 5.96 Å². The van der Waals surface area contributed by atoms with E-state index in [4.69, 9.17) is 4.99 Å². The van der Waals surface area contributed by atoms with E-state index in [0.717, 1.165) is 37.1 Å². The van der Waals surface area contributed by atoms with Crippen molar-refractivity contribution in [2.45, 2.75) is 77.5 Å². The van der Waals surface area contributed by atoms with E-state index in [1.807, 2.05) is 18.5 Å². The molecule has 0 radical (unpaired) electrons. The molecule has 1 aliphatic carbocycles. The van der Waals surface area contributed by atoms with Gasteiger partial charge in [0.15, 0.2) is 11.8 Å². The molecule has 1 fully saturated rings. The summed E-state index contributed by atoms with van der Waals surface area (Å²) < 4.78 is 2.00. The topological polar surface area (TPSA) is 70.4 Å². The van der Waals surface area contributed by atoms with Gasteiger partial charge >= 0.3 is 0 Å². The molecule has 31 heavy (non-hydrogen) atoms. The molecule has 1 aliphatic rings. The molecule has 1 unspecified atom stereocenters. The van der Waals surface area contributed by atoms with Gasteiger partial charge in [0.05, 0.1) is 0 Å². The minimum Gasteiger partial charge on any atom is -0.356 e. The van der Waals surface area contributed by atoms with E-state index in [2.05, 4.69) is 70.0 Å². The summed E-state index contributed by atoms with van der Waals surface area (Å²) in [5.41, 5.74) is 1.35. The van der Waals surface area contributed by atoms with Crippen LogP contribution in [0.1, 0.15) is 62.7 Å². The molecule has 1 aromatic heterocycles. The van der Waals surface area contributed by atoms with E-state index in [-0.39, 0.29) is 0 Å². The number of guanidine groups is 1. The Hall–Kier alpha value is -2.41. The first kappa shape index (κ1) is 23.3. The third-order valence-corrected chi connectivity index (χ3v) is 6.39. The van der Waals surface area contributed by atoms with Crippen LogP contribution in [0, 0.1) is 6.92 Å². The molecule has 0 amide bonds. The van der Waals surface area contributed by atoms with E-state index in [0.29, 0.717) is 18.6 Å². The third kappa shape index (κ3) is 7.35. The quantitative estimate of drug-likeness (QED) is 0.476. The smallest absolute Gasteiger partial charge is 0.191 e. The first-order chi connectivity index (χ1) is 15.0. The Morgan fingerprint density at radius 2 is 1.94 bits per heavy atom. The molecular formula is C24H39N7. The highest BCUT2D eigenvalue weighted by Crippen LogP contribution is 2.17. The van der Waals surface area contributed by atoms with Crippen LogP contribution in [0.2, 0.25) is 0 Å². The molecule has 0 spiro atoms. The van der Waals surface area contributed by atoms with Crippen LogP contribution in [0.4, 0.5) is 0 Å². The van der Waals surface area contributed by atoms with Crippen molar-refractivity contribution in [2.24, 2.45) is 12.0 Å². The van der Waals surface area contributed by atoms with Crippen molar-refractivity contribution in [1.82, 2.24) is 30.3 Å². The monoisotopic (exact) mass is 425 g/mol. The molecule has 0 aliphatic heterocycles. The van der Waals surface area contributed by atoms with Gasteiger partial charge in [0, 0.05) is 32.2 Å². The molecule has 7 nitrogen and oxygen atoms in total. The van der Waals surface area contributed by atoms with Gasteiger partial charge in [-0.15, -0.1) is 10.2 Å². The fourth-order valence-electron chi connectivity index (χ4n) is 3.98. The molecular weight excluding hydrogens is 386 g/mol. The number of nitrogens with one attached hydrogen (secondary N) is 2. The second-order valence-corrected chi connectivity index (χ2v) is 8.83. The number of benzene rings is 1. The predicted molar refractivity (Wildman–Crippen MR) is 127 cm³/mol. The van der Waals surface area contributed by atoms with Crippen molar-refractivity contribution in [1.29, 1.82) is 0 Å². The Morgan fingerprint density at radius 1 is 1.19 bits per heavy atom. The van der Waals surface area contributed by atoms with Crippen LogP contribution in [-0.2, 0) is 20.1 Å². The van der Waals surface area contributed by atoms with Gasteiger partial charge in [0.2, 0.25) is 0 Å². The Morgan fingerprint density at radius 3 is 2.61 bits per heavy atom. The Labute approximate surface area is 187 Å². The van der Waals surface area contributed by atoms with Crippen molar-refractivity contribution in [3.05, 3.63) is 47.5 Å². The first-order valence-corrected chi connectivity index (χ1v) is 11.7. The highest BCUT2D eigenvalue weighted by atomic mass is 15.3. The van der Waals surface area contributed by atoms with E-state index >= 15 is 0 Å². The highest BCUT2D eigenvalue weighted by Gasteiger charge is 2.16. The number of aromatic nitrogens is 3. The molecule has 1 saturated carbocycles. The molecule has 3 rings (SSSR count). The summed E-state index contributed by atoms with van der Waals surface area (Å²) in [6, 6.07) is 11.6. The molecule has 1 atom stereocenters. The van der Waals surface area contributed by atoms with Gasteiger partial charge in [0.1, 0.15) is 12.4 Å². The number of hydrogen-bond donors (Lipinski definition) is 2. The summed E-state index contributed by atoms with van der Waals surface area (Å²) in [4.78, 5) is 7.24. The number of rotatable bonds is 9. The average Bonchev–Trinajstić information content (AvgIpc) is 3.10. The number of aliphatic imine (C=N–C) groups is 1. The molecule has 170 valence electrons. The largest absolute Gasteiger partial charge is 0.356 e. The van der Waals surface area contributed by atoms with Crippen LogP contribution < -0.4 is 10.6 Å². The SMILES string of the molecule is Cc1nnc(CN=C(NCCC(C)N(C)Cc2ccccc2)NC2CCCCC2)n1C. The van der Waals surface area contributed by atoms with Crippen LogP contribution in [0.3, 0.4) is 0 Å². The number of hydrogen-bond acceptors (Lipinski definition) is 4. The number of aryl methyl sites for hydroxylation is 1. The van der Waals surface area contributed by atoms with Gasteiger partial charge in [-0.05, 0) is 45.7 Å². The van der Waals surface area contributed by atoms with Gasteiger partial charge in [-0.3, -0.25) is 4.90 Å². The van der Waals surface area contributed by atoms with Crippen molar-refractivity contribution in [3.8, 4) is 0 Å². The van der Waals surface area contributed by atoms with Crippen molar-refractivity contribution in [3.63, 3.8) is 0 Å². The standard InChI is InChI=1S/C24H39N7/c1-19(30(3)18-21-11-7-5-8-12-21)15-16-25-24(27-22-13-9-6-10-14-22)26-17-23-29-28-20(2)31(23)4/h5,7-8,11-12,19,22H,6,9-10,13-18H2,1-4H3,(H2,25,26,27). The summed E-state index contributed by atoms with van der Waals surface area (Å²) in [5, 5.41) is 15.6. The van der Waals surface area contributed by atoms with E-state index in [9.17, 15) is 0 Å². The zero-order valence-electron chi connectivity index (χ0n) is 19.6. The van der Waals surface area contributed by atoms with Gasteiger partial charge in [-0.1, -0.05) is 49.6 Å². The molecule has 0 saturated heterocycles. The van der Waals surface area contributed by atoms with Crippen LogP contribution >= 0.6 is 0 Å². The minimum atomic E-state index is 0.477. The second-order valence-electron chi connectivity index (χ2n) is 8.83. The molecule has 1 heterocycles. The Bertz CT molecular complexity index is 809. The molecule has 0 bridgehead atoms. The van der Waals surface area contributed by atoms with Crippen LogP contribution in [0.25, 0.3) is 0 Å². The summed E-state index contributed by atoms with van der Waals surface area (Å²) in [6.45, 7) is 6.64. The normalized spacial score (nSPS) is 16.5. The van der Waals surface area contributed by atoms with E-state index in [1.165, 1.54) is 37.7 Å². The maximum Gasteiger partial charge on any atom is 0.191 e. The van der Waals surface area contributed by atoms with Gasteiger partial charge in [0.25, 0.3) is 0 Å². The molecule has 7 heteroatoms. The average molecular weight is 426 g/mol. The van der Waals surface area contributed by atoms with Gasteiger partial charge in [-0.25, -0.2) is 4.99 Å². The highest BCUT2D eigenvalue weighted by molar-refractivity contribution is 5.80. The second kappa shape index (κ2) is 11.8. The zero-order chi connectivity index (χ0) is 22.1. The van der Waals surface area contributed by atoms with Crippen LogP contribution in [-0.4, -0.2) is 51.3 Å². The summed E-state index contributed by atoms with van der Waals surface area (Å²) >= 11 is 0. The fraction of sp³-hybridized carbons (Fsp3) is 0.625. The van der Waals surface area contributed by atoms with Gasteiger partial charge < -0.3 is 15.2 Å². The van der Waals surface area contributed by atoms with Crippen LogP contribution in [0.5, 0.6) is 0 Å². The Kier molecular flexibility index (Phi) is 8.88. The third-order valence-electron chi connectivity index (χ3n) is 6.39. The molecule has 2 N–H and O–H groups in total. The lowest BCUT2D eigenvalue weighted by atomic mass is 9.96. The van der Waals surface area contributed by atoms with Gasteiger partial charge in [-0.2, -0.15) is 0 Å². The lowest BCUT2D eigenvalue weighted by molar-refractivity contribution is 0.238. The lowest BCUT2D eigenvalue weighted by Crippen LogP contribution is -2.45. The maximum atomic E-state index is 4.83. The predicted octanol–water partition coefficient (Wildman–Crippen LogP) is 3.40. The lowest BCUT2D eigenvalue weighted by Gasteiger charge is -2.27. The summed E-state index contributed by atoms with van der Waals surface area (Å²) in [6.07, 6.45) is 7.45. The molecule has 2 aromatic rings. The fourth-order valence-corrected chi connectivity index (χ4v) is 3.98. The van der Waals surface area contributed by atoms with E-state index < -0.39 is 0 Å². The maximum absolute atomic E-state index is 4.83. The molecule has 1 aromatic carbocycles. The van der Waals surface area contributed by atoms with E-state index in [1.54, 1.807) is 0 Å². The number of nitrogens with zero attached hydrogens (tertiary/aromatic N) is 5. The van der Waals surface area contributed by atoms with Crippen molar-refractivity contribution < 1.29 is 0 Å². The first-order valence-electron chi connectivity index (χ1n) is 11.7.